The van der Waals surface area contributed by atoms with Gasteiger partial charge in [0.1, 0.15) is 18.1 Å². The number of amides is 2. The van der Waals surface area contributed by atoms with E-state index in [-0.39, 0.29) is 11.8 Å². The fraction of sp³-hybridized carbons (Fsp3) is 0.300. The second-order valence-corrected chi connectivity index (χ2v) is 2.78. The van der Waals surface area contributed by atoms with Crippen molar-refractivity contribution in [2.45, 2.75) is 0 Å². The minimum Gasteiger partial charge on any atom is -0.508 e. The quantitative estimate of drug-likeness (QED) is 0.632. The molecule has 0 aromatic heterocycles. The van der Waals surface area contributed by atoms with E-state index in [1.54, 1.807) is 13.1 Å². The van der Waals surface area contributed by atoms with Crippen LogP contribution in [-0.4, -0.2) is 31.3 Å². The molecule has 5 nitrogen and oxygen atoms in total. The average Bonchev–Trinajstić information content (AvgIpc) is 2.24. The van der Waals surface area contributed by atoms with Crippen LogP contribution in [0.5, 0.6) is 11.5 Å². The first kappa shape index (κ1) is 11.2. The van der Waals surface area contributed by atoms with Crippen molar-refractivity contribution in [3.05, 3.63) is 24.3 Å². The standard InChI is InChI=1S/C10H13N2O3/c1-11-10(14)12-5-6-15-9-4-2-3-8(13)7-9/h3-4,7,13H,5-6H2,1H3,(H2,11,12,14). The molecule has 1 radical (unpaired) electrons. The summed E-state index contributed by atoms with van der Waals surface area (Å²) < 4.78 is 5.25. The Hall–Kier alpha value is -1.91. The van der Waals surface area contributed by atoms with Gasteiger partial charge in [-0.3, -0.25) is 0 Å². The molecule has 1 aromatic rings. The Balaban J connectivity index is 2.23. The molecule has 0 aliphatic carbocycles. The van der Waals surface area contributed by atoms with Crippen LogP contribution in [0.1, 0.15) is 0 Å². The Kier molecular flexibility index (Phi) is 4.28. The molecule has 0 saturated carbocycles. The lowest BCUT2D eigenvalue weighted by Gasteiger charge is -2.07. The molecule has 2 amide bonds. The van der Waals surface area contributed by atoms with Crippen molar-refractivity contribution < 1.29 is 14.6 Å². The molecular weight excluding hydrogens is 196 g/mol. The van der Waals surface area contributed by atoms with E-state index in [1.807, 2.05) is 0 Å². The van der Waals surface area contributed by atoms with Crippen LogP contribution >= 0.6 is 0 Å². The highest BCUT2D eigenvalue weighted by Gasteiger charge is 1.97. The number of hydrogen-bond donors (Lipinski definition) is 3. The van der Waals surface area contributed by atoms with Crippen molar-refractivity contribution in [1.82, 2.24) is 10.6 Å². The maximum atomic E-state index is 10.8. The van der Waals surface area contributed by atoms with Gasteiger partial charge in [0.05, 0.1) is 6.54 Å². The number of benzene rings is 1. The molecule has 0 aliphatic heterocycles. The molecule has 0 atom stereocenters. The van der Waals surface area contributed by atoms with E-state index in [0.29, 0.717) is 18.9 Å². The summed E-state index contributed by atoms with van der Waals surface area (Å²) in [5.74, 6) is 0.625. The van der Waals surface area contributed by atoms with Gasteiger partial charge in [-0.05, 0) is 18.2 Å². The lowest BCUT2D eigenvalue weighted by molar-refractivity contribution is 0.238. The molecule has 15 heavy (non-hydrogen) atoms. The molecule has 0 bridgehead atoms. The van der Waals surface area contributed by atoms with E-state index in [9.17, 15) is 4.79 Å². The molecule has 3 N–H and O–H groups in total. The summed E-state index contributed by atoms with van der Waals surface area (Å²) >= 11 is 0. The van der Waals surface area contributed by atoms with Gasteiger partial charge in [-0.25, -0.2) is 4.79 Å². The van der Waals surface area contributed by atoms with Gasteiger partial charge in [0.15, 0.2) is 0 Å². The van der Waals surface area contributed by atoms with E-state index >= 15 is 0 Å². The van der Waals surface area contributed by atoms with E-state index < -0.39 is 0 Å². The van der Waals surface area contributed by atoms with Crippen LogP contribution in [0.15, 0.2) is 18.2 Å². The largest absolute Gasteiger partial charge is 0.508 e. The molecule has 0 aliphatic rings. The molecule has 0 heterocycles. The van der Waals surface area contributed by atoms with Crippen molar-refractivity contribution >= 4 is 6.03 Å². The Morgan fingerprint density at radius 1 is 1.60 bits per heavy atom. The fourth-order valence-electron chi connectivity index (χ4n) is 0.943. The SMILES string of the molecule is CNC(=O)NCCOc1c[c]cc(O)c1. The van der Waals surface area contributed by atoms with Crippen molar-refractivity contribution in [2.75, 3.05) is 20.2 Å². The first-order valence-electron chi connectivity index (χ1n) is 4.51. The third kappa shape index (κ3) is 4.21. The third-order valence-corrected chi connectivity index (χ3v) is 1.63. The van der Waals surface area contributed by atoms with Gasteiger partial charge in [-0.2, -0.15) is 0 Å². The van der Waals surface area contributed by atoms with Crippen LogP contribution in [0.25, 0.3) is 0 Å². The minimum absolute atomic E-state index is 0.103. The molecule has 81 valence electrons. The van der Waals surface area contributed by atoms with Crippen LogP contribution in [0.4, 0.5) is 4.79 Å². The predicted molar refractivity (Wildman–Crippen MR) is 54.9 cm³/mol. The lowest BCUT2D eigenvalue weighted by atomic mass is 10.3. The van der Waals surface area contributed by atoms with Crippen LogP contribution in [-0.2, 0) is 0 Å². The number of ether oxygens (including phenoxy) is 1. The van der Waals surface area contributed by atoms with Crippen molar-refractivity contribution in [2.24, 2.45) is 0 Å². The summed E-state index contributed by atoms with van der Waals surface area (Å²) in [6.07, 6.45) is 0. The summed E-state index contributed by atoms with van der Waals surface area (Å²) in [5.41, 5.74) is 0. The van der Waals surface area contributed by atoms with Crippen LogP contribution in [0, 0.1) is 6.07 Å². The number of nitrogens with one attached hydrogen (secondary N) is 2. The maximum Gasteiger partial charge on any atom is 0.314 e. The first-order chi connectivity index (χ1) is 7.22. The molecule has 1 rings (SSSR count). The number of carbonyl (C=O) groups is 1. The van der Waals surface area contributed by atoms with Gasteiger partial charge in [-0.15, -0.1) is 0 Å². The second kappa shape index (κ2) is 5.74. The number of aromatic hydroxyl groups is 1. The summed E-state index contributed by atoms with van der Waals surface area (Å²) in [6, 6.07) is 7.00. The summed E-state index contributed by atoms with van der Waals surface area (Å²) in [4.78, 5) is 10.8. The molecule has 0 unspecified atom stereocenters. The maximum absolute atomic E-state index is 10.8. The third-order valence-electron chi connectivity index (χ3n) is 1.63. The van der Waals surface area contributed by atoms with Crippen LogP contribution in [0.3, 0.4) is 0 Å². The summed E-state index contributed by atoms with van der Waals surface area (Å²) in [6.45, 7) is 0.736. The Morgan fingerprint density at radius 2 is 2.40 bits per heavy atom. The van der Waals surface area contributed by atoms with E-state index in [4.69, 9.17) is 9.84 Å². The predicted octanol–water partition coefficient (Wildman–Crippen LogP) is 0.500. The normalized spacial score (nSPS) is 9.40. The molecule has 0 spiro atoms. The molecule has 0 fully saturated rings. The zero-order valence-electron chi connectivity index (χ0n) is 8.41. The average molecular weight is 209 g/mol. The molecule has 0 saturated heterocycles. The molecular formula is C10H13N2O3. The fourth-order valence-corrected chi connectivity index (χ4v) is 0.943. The highest BCUT2D eigenvalue weighted by atomic mass is 16.5. The van der Waals surface area contributed by atoms with Crippen LogP contribution in [0.2, 0.25) is 0 Å². The molecule has 5 heteroatoms. The zero-order valence-corrected chi connectivity index (χ0v) is 8.41. The van der Waals surface area contributed by atoms with E-state index in [0.717, 1.165) is 0 Å². The van der Waals surface area contributed by atoms with E-state index in [1.165, 1.54) is 12.1 Å². The van der Waals surface area contributed by atoms with Gasteiger partial charge in [-0.1, -0.05) is 0 Å². The highest BCUT2D eigenvalue weighted by molar-refractivity contribution is 5.73. The van der Waals surface area contributed by atoms with Gasteiger partial charge < -0.3 is 20.5 Å². The minimum atomic E-state index is -0.249. The van der Waals surface area contributed by atoms with Gasteiger partial charge in [0, 0.05) is 13.1 Å². The van der Waals surface area contributed by atoms with Crippen molar-refractivity contribution in [3.8, 4) is 11.5 Å². The number of hydrogen-bond acceptors (Lipinski definition) is 3. The topological polar surface area (TPSA) is 70.6 Å². The van der Waals surface area contributed by atoms with E-state index in [2.05, 4.69) is 16.7 Å². The Labute approximate surface area is 88.1 Å². The van der Waals surface area contributed by atoms with Crippen LogP contribution < -0.4 is 15.4 Å². The summed E-state index contributed by atoms with van der Waals surface area (Å²) in [7, 11) is 1.54. The van der Waals surface area contributed by atoms with Gasteiger partial charge >= 0.3 is 6.03 Å². The van der Waals surface area contributed by atoms with Gasteiger partial charge in [0.2, 0.25) is 0 Å². The Morgan fingerprint density at radius 3 is 3.07 bits per heavy atom. The summed E-state index contributed by atoms with van der Waals surface area (Å²) in [5, 5.41) is 14.1. The second-order valence-electron chi connectivity index (χ2n) is 2.78. The first-order valence-corrected chi connectivity index (χ1v) is 4.51. The number of carbonyl (C=O) groups excluding carboxylic acids is 1. The lowest BCUT2D eigenvalue weighted by Crippen LogP contribution is -2.35. The smallest absolute Gasteiger partial charge is 0.314 e. The number of rotatable bonds is 4. The van der Waals surface area contributed by atoms with Crippen molar-refractivity contribution in [3.63, 3.8) is 0 Å². The number of phenols is 1. The Bertz CT molecular complexity index is 328. The highest BCUT2D eigenvalue weighted by Crippen LogP contribution is 2.16. The number of urea groups is 1. The monoisotopic (exact) mass is 209 g/mol. The molecule has 1 aromatic carbocycles. The zero-order chi connectivity index (χ0) is 11.1. The number of phenolic OH excluding ortho intramolecular Hbond substituents is 1. The van der Waals surface area contributed by atoms with Crippen molar-refractivity contribution in [1.29, 1.82) is 0 Å². The van der Waals surface area contributed by atoms with Gasteiger partial charge in [0.25, 0.3) is 0 Å².